The summed E-state index contributed by atoms with van der Waals surface area (Å²) in [5.41, 5.74) is 3.12. The highest BCUT2D eigenvalue weighted by Gasteiger charge is 2.60. The van der Waals surface area contributed by atoms with Gasteiger partial charge in [0.2, 0.25) is 5.91 Å². The third-order valence-corrected chi connectivity index (χ3v) is 5.84. The summed E-state index contributed by atoms with van der Waals surface area (Å²) in [6.07, 6.45) is -0.900. The van der Waals surface area contributed by atoms with Crippen LogP contribution in [0.5, 0.6) is 5.75 Å². The molecule has 156 valence electrons. The predicted octanol–water partition coefficient (Wildman–Crippen LogP) is 4.05. The second-order valence-corrected chi connectivity index (χ2v) is 7.75. The molecule has 2 aliphatic rings. The number of amides is 2. The van der Waals surface area contributed by atoms with Crippen LogP contribution in [0.2, 0.25) is 0 Å². The fourth-order valence-electron chi connectivity index (χ4n) is 4.46. The number of aryl methyl sites for hydroxylation is 1. The molecule has 3 atom stereocenters. The van der Waals surface area contributed by atoms with E-state index in [-0.39, 0.29) is 11.8 Å². The highest BCUT2D eigenvalue weighted by atomic mass is 16.7. The largest absolute Gasteiger partial charge is 0.496 e. The number of hydrogen-bond donors (Lipinski definition) is 0. The van der Waals surface area contributed by atoms with E-state index in [2.05, 4.69) is 0 Å². The molecule has 6 nitrogen and oxygen atoms in total. The molecule has 31 heavy (non-hydrogen) atoms. The Morgan fingerprint density at radius 1 is 0.839 bits per heavy atom. The van der Waals surface area contributed by atoms with E-state index in [1.807, 2.05) is 79.7 Å². The van der Waals surface area contributed by atoms with Crippen molar-refractivity contribution in [2.24, 2.45) is 5.92 Å². The lowest BCUT2D eigenvalue weighted by molar-refractivity contribution is -0.126. The average Bonchev–Trinajstić information content (AvgIpc) is 3.30. The first kappa shape index (κ1) is 19.3. The zero-order valence-corrected chi connectivity index (χ0v) is 17.3. The van der Waals surface area contributed by atoms with E-state index in [1.165, 1.54) is 4.90 Å². The number of fused-ring (bicyclic) bond motifs is 1. The van der Waals surface area contributed by atoms with Crippen LogP contribution in [0.3, 0.4) is 0 Å². The fraction of sp³-hybridized carbons (Fsp3) is 0.200. The van der Waals surface area contributed by atoms with Crippen molar-refractivity contribution in [1.29, 1.82) is 0 Å². The Morgan fingerprint density at radius 3 is 2.29 bits per heavy atom. The van der Waals surface area contributed by atoms with Crippen molar-refractivity contribution in [2.45, 2.75) is 19.1 Å². The topological polar surface area (TPSA) is 59.1 Å². The Kier molecular flexibility index (Phi) is 4.71. The van der Waals surface area contributed by atoms with Crippen LogP contribution in [0, 0.1) is 12.8 Å². The molecule has 2 amide bonds. The van der Waals surface area contributed by atoms with Gasteiger partial charge in [0.25, 0.3) is 5.91 Å². The molecule has 0 saturated carbocycles. The van der Waals surface area contributed by atoms with Gasteiger partial charge in [-0.3, -0.25) is 14.4 Å². The number of carbonyl (C=O) groups excluding carboxylic acids is 2. The maximum Gasteiger partial charge on any atom is 0.266 e. The molecule has 0 N–H and O–H groups in total. The monoisotopic (exact) mass is 414 g/mol. The Balaban J connectivity index is 1.62. The Morgan fingerprint density at radius 2 is 1.55 bits per heavy atom. The van der Waals surface area contributed by atoms with Crippen LogP contribution in [0.25, 0.3) is 0 Å². The zero-order valence-electron chi connectivity index (χ0n) is 17.3. The van der Waals surface area contributed by atoms with Gasteiger partial charge in [-0.15, -0.1) is 0 Å². The average molecular weight is 414 g/mol. The van der Waals surface area contributed by atoms with Crippen molar-refractivity contribution in [3.8, 4) is 5.75 Å². The van der Waals surface area contributed by atoms with E-state index in [9.17, 15) is 9.59 Å². The summed E-state index contributed by atoms with van der Waals surface area (Å²) >= 11 is 0. The molecule has 2 fully saturated rings. The van der Waals surface area contributed by atoms with Gasteiger partial charge in [0.15, 0.2) is 6.10 Å². The summed E-state index contributed by atoms with van der Waals surface area (Å²) in [6.45, 7) is 1.93. The number of benzene rings is 3. The molecule has 3 aromatic carbocycles. The first-order valence-corrected chi connectivity index (χ1v) is 10.2. The van der Waals surface area contributed by atoms with Crippen LogP contribution in [0.1, 0.15) is 17.2 Å². The van der Waals surface area contributed by atoms with Crippen molar-refractivity contribution < 1.29 is 19.2 Å². The maximum atomic E-state index is 13.6. The zero-order chi connectivity index (χ0) is 21.5. The van der Waals surface area contributed by atoms with E-state index in [0.717, 1.165) is 16.8 Å². The molecule has 6 heteroatoms. The quantitative estimate of drug-likeness (QED) is 0.603. The molecular weight excluding hydrogens is 392 g/mol. The number of methoxy groups -OCH3 is 1. The first-order chi connectivity index (χ1) is 15.1. The van der Waals surface area contributed by atoms with E-state index in [4.69, 9.17) is 9.57 Å². The lowest BCUT2D eigenvalue weighted by Gasteiger charge is -2.29. The number of para-hydroxylation sites is 2. The van der Waals surface area contributed by atoms with Crippen molar-refractivity contribution >= 4 is 23.2 Å². The second kappa shape index (κ2) is 7.56. The number of hydroxylamine groups is 1. The lowest BCUT2D eigenvalue weighted by atomic mass is 9.90. The number of carbonyl (C=O) groups is 2. The molecule has 2 heterocycles. The lowest BCUT2D eigenvalue weighted by Crippen LogP contribution is -2.37. The molecule has 0 radical (unpaired) electrons. The summed E-state index contributed by atoms with van der Waals surface area (Å²) < 4.78 is 5.59. The first-order valence-electron chi connectivity index (χ1n) is 10.2. The van der Waals surface area contributed by atoms with Gasteiger partial charge in [-0.05, 0) is 42.8 Å². The number of rotatable bonds is 4. The molecular formula is C25H22N2O4. The number of imide groups is 1. The second-order valence-electron chi connectivity index (χ2n) is 7.75. The van der Waals surface area contributed by atoms with Crippen LogP contribution in [-0.2, 0) is 14.4 Å². The van der Waals surface area contributed by atoms with Gasteiger partial charge in [-0.25, -0.2) is 9.96 Å². The van der Waals surface area contributed by atoms with Crippen LogP contribution in [0.4, 0.5) is 11.4 Å². The molecule has 3 aromatic rings. The third-order valence-electron chi connectivity index (χ3n) is 5.84. The van der Waals surface area contributed by atoms with E-state index in [1.54, 1.807) is 18.2 Å². The van der Waals surface area contributed by atoms with Gasteiger partial charge in [0, 0.05) is 5.56 Å². The van der Waals surface area contributed by atoms with Crippen LogP contribution >= 0.6 is 0 Å². The molecule has 5 rings (SSSR count). The van der Waals surface area contributed by atoms with Gasteiger partial charge >= 0.3 is 0 Å². The standard InChI is InChI=1S/C25H22N2O4/c1-16-9-8-12-18(15-16)26-24(28)21-22(19-13-6-7-14-20(19)30-2)27(31-23(21)25(26)29)17-10-4-3-5-11-17/h3-15,21-23H,1-2H3/t21-,22+,23+/m1/s1. The Hall–Kier alpha value is -3.64. The molecule has 0 bridgehead atoms. The summed E-state index contributed by atoms with van der Waals surface area (Å²) in [6, 6.07) is 23.9. The predicted molar refractivity (Wildman–Crippen MR) is 117 cm³/mol. The highest BCUT2D eigenvalue weighted by Crippen LogP contribution is 2.49. The SMILES string of the molecule is COc1ccccc1[C@H]1[C@H]2C(=O)N(c3cccc(C)c3)C(=O)[C@H]2ON1c1ccccc1. The number of nitrogens with zero attached hydrogens (tertiary/aromatic N) is 2. The minimum Gasteiger partial charge on any atom is -0.496 e. The van der Waals surface area contributed by atoms with E-state index in [0.29, 0.717) is 11.4 Å². The Bertz CT molecular complexity index is 1150. The molecule has 2 aliphatic heterocycles. The normalized spacial score (nSPS) is 22.7. The van der Waals surface area contributed by atoms with Crippen LogP contribution in [0.15, 0.2) is 78.9 Å². The molecule has 2 saturated heterocycles. The number of anilines is 2. The van der Waals surface area contributed by atoms with Gasteiger partial charge in [0.05, 0.1) is 24.5 Å². The molecule has 0 aliphatic carbocycles. The van der Waals surface area contributed by atoms with Gasteiger partial charge in [-0.2, -0.15) is 0 Å². The van der Waals surface area contributed by atoms with Crippen molar-refractivity contribution in [2.75, 3.05) is 17.1 Å². The van der Waals surface area contributed by atoms with E-state index >= 15 is 0 Å². The van der Waals surface area contributed by atoms with Crippen molar-refractivity contribution in [1.82, 2.24) is 0 Å². The van der Waals surface area contributed by atoms with E-state index < -0.39 is 18.1 Å². The van der Waals surface area contributed by atoms with Gasteiger partial charge in [-0.1, -0.05) is 48.5 Å². The highest BCUT2D eigenvalue weighted by molar-refractivity contribution is 6.24. The van der Waals surface area contributed by atoms with Crippen LogP contribution in [-0.4, -0.2) is 25.0 Å². The molecule has 0 aromatic heterocycles. The summed E-state index contributed by atoms with van der Waals surface area (Å²) in [4.78, 5) is 34.4. The smallest absolute Gasteiger partial charge is 0.266 e. The summed E-state index contributed by atoms with van der Waals surface area (Å²) in [5, 5.41) is 1.68. The van der Waals surface area contributed by atoms with Crippen LogP contribution < -0.4 is 14.7 Å². The third kappa shape index (κ3) is 3.07. The van der Waals surface area contributed by atoms with Crippen molar-refractivity contribution in [3.05, 3.63) is 90.0 Å². The fourth-order valence-corrected chi connectivity index (χ4v) is 4.46. The van der Waals surface area contributed by atoms with Gasteiger partial charge < -0.3 is 4.74 Å². The minimum atomic E-state index is -0.900. The maximum absolute atomic E-state index is 13.6. The number of hydrogen-bond acceptors (Lipinski definition) is 5. The Labute approximate surface area is 180 Å². The van der Waals surface area contributed by atoms with Crippen molar-refractivity contribution in [3.63, 3.8) is 0 Å². The summed E-state index contributed by atoms with van der Waals surface area (Å²) in [7, 11) is 1.60. The molecule has 0 unspecified atom stereocenters. The summed E-state index contributed by atoms with van der Waals surface area (Å²) in [5.74, 6) is -0.662. The minimum absolute atomic E-state index is 0.269. The molecule has 0 spiro atoms. The number of ether oxygens (including phenoxy) is 1. The van der Waals surface area contributed by atoms with Gasteiger partial charge in [0.1, 0.15) is 11.7 Å².